The van der Waals surface area contributed by atoms with Gasteiger partial charge in [0.05, 0.1) is 11.0 Å². The Kier molecular flexibility index (Phi) is 4.06. The molecule has 5 nitrogen and oxygen atoms in total. The molecule has 1 amide bonds. The lowest BCUT2D eigenvalue weighted by atomic mass is 9.77. The van der Waals surface area contributed by atoms with Crippen LogP contribution in [0.3, 0.4) is 0 Å². The van der Waals surface area contributed by atoms with E-state index in [1.165, 1.54) is 0 Å². The van der Waals surface area contributed by atoms with Gasteiger partial charge in [-0.05, 0) is 38.3 Å². The Balaban J connectivity index is 2.18. The lowest BCUT2D eigenvalue weighted by Gasteiger charge is -2.39. The number of nitrogens with zero attached hydrogens (tertiary/aromatic N) is 2. The van der Waals surface area contributed by atoms with Crippen LogP contribution in [-0.2, 0) is 4.79 Å². The first-order chi connectivity index (χ1) is 9.48. The molecular weight excluding hydrogens is 256 g/mol. The summed E-state index contributed by atoms with van der Waals surface area (Å²) in [6, 6.07) is 3.54. The Bertz CT molecular complexity index is 512. The predicted octanol–water partition coefficient (Wildman–Crippen LogP) is 2.11. The van der Waals surface area contributed by atoms with Crippen LogP contribution in [0.2, 0.25) is 0 Å². The number of carboxylic acids is 1. The SMILES string of the molecule is CCC1(C(=O)O)CCCN(C(=O)c2ccc(C)nc2)C1. The smallest absolute Gasteiger partial charge is 0.311 e. The van der Waals surface area contributed by atoms with E-state index in [9.17, 15) is 14.7 Å². The fraction of sp³-hybridized carbons (Fsp3) is 0.533. The highest BCUT2D eigenvalue weighted by Crippen LogP contribution is 2.34. The van der Waals surface area contributed by atoms with Gasteiger partial charge in [-0.2, -0.15) is 0 Å². The summed E-state index contributed by atoms with van der Waals surface area (Å²) in [5, 5.41) is 9.44. The lowest BCUT2D eigenvalue weighted by molar-refractivity contribution is -0.152. The molecule has 1 aromatic rings. The second-order valence-electron chi connectivity index (χ2n) is 5.46. The van der Waals surface area contributed by atoms with Crippen LogP contribution in [0.1, 0.15) is 42.2 Å². The first-order valence-corrected chi connectivity index (χ1v) is 6.94. The van der Waals surface area contributed by atoms with Crippen molar-refractivity contribution in [2.75, 3.05) is 13.1 Å². The zero-order valence-electron chi connectivity index (χ0n) is 11.9. The van der Waals surface area contributed by atoms with E-state index in [0.29, 0.717) is 24.9 Å². The molecule has 1 fully saturated rings. The molecule has 20 heavy (non-hydrogen) atoms. The molecule has 1 unspecified atom stereocenters. The number of hydrogen-bond acceptors (Lipinski definition) is 3. The van der Waals surface area contributed by atoms with Crippen molar-refractivity contribution < 1.29 is 14.7 Å². The van der Waals surface area contributed by atoms with E-state index >= 15 is 0 Å². The number of amides is 1. The number of rotatable bonds is 3. The number of carboxylic acid groups (broad SMARTS) is 1. The van der Waals surface area contributed by atoms with Crippen molar-refractivity contribution in [3.63, 3.8) is 0 Å². The van der Waals surface area contributed by atoms with E-state index in [4.69, 9.17) is 0 Å². The first-order valence-electron chi connectivity index (χ1n) is 6.94. The Labute approximate surface area is 118 Å². The van der Waals surface area contributed by atoms with E-state index in [0.717, 1.165) is 12.1 Å². The zero-order valence-corrected chi connectivity index (χ0v) is 11.9. The van der Waals surface area contributed by atoms with Crippen LogP contribution in [0.4, 0.5) is 0 Å². The van der Waals surface area contributed by atoms with Crippen molar-refractivity contribution in [1.29, 1.82) is 0 Å². The molecule has 0 aliphatic carbocycles. The molecule has 0 bridgehead atoms. The standard InChI is InChI=1S/C15H20N2O3/c1-3-15(14(19)20)7-4-8-17(10-15)13(18)12-6-5-11(2)16-9-12/h5-6,9H,3-4,7-8,10H2,1-2H3,(H,19,20). The van der Waals surface area contributed by atoms with Gasteiger partial charge >= 0.3 is 5.97 Å². The predicted molar refractivity (Wildman–Crippen MR) is 74.5 cm³/mol. The van der Waals surface area contributed by atoms with Gasteiger partial charge in [-0.3, -0.25) is 14.6 Å². The van der Waals surface area contributed by atoms with Crippen LogP contribution in [0.15, 0.2) is 18.3 Å². The molecule has 2 heterocycles. The Morgan fingerprint density at radius 2 is 2.20 bits per heavy atom. The van der Waals surface area contributed by atoms with Gasteiger partial charge < -0.3 is 10.0 Å². The average molecular weight is 276 g/mol. The third-order valence-electron chi connectivity index (χ3n) is 4.15. The minimum atomic E-state index is -0.806. The highest BCUT2D eigenvalue weighted by atomic mass is 16.4. The van der Waals surface area contributed by atoms with E-state index in [-0.39, 0.29) is 12.5 Å². The number of pyridine rings is 1. The molecule has 1 atom stereocenters. The molecule has 108 valence electrons. The van der Waals surface area contributed by atoms with Gasteiger partial charge in [-0.15, -0.1) is 0 Å². The van der Waals surface area contributed by atoms with Crippen LogP contribution in [0, 0.1) is 12.3 Å². The number of carbonyl (C=O) groups is 2. The molecule has 1 aliphatic heterocycles. The quantitative estimate of drug-likeness (QED) is 0.918. The lowest BCUT2D eigenvalue weighted by Crippen LogP contribution is -2.49. The molecule has 0 saturated carbocycles. The van der Waals surface area contributed by atoms with Crippen molar-refractivity contribution in [2.45, 2.75) is 33.1 Å². The largest absolute Gasteiger partial charge is 0.481 e. The van der Waals surface area contributed by atoms with E-state index in [2.05, 4.69) is 4.98 Å². The van der Waals surface area contributed by atoms with Gasteiger partial charge in [0.1, 0.15) is 0 Å². The number of aliphatic carboxylic acids is 1. The summed E-state index contributed by atoms with van der Waals surface area (Å²) in [6.45, 7) is 4.63. The van der Waals surface area contributed by atoms with Crippen molar-refractivity contribution in [3.8, 4) is 0 Å². The van der Waals surface area contributed by atoms with Gasteiger partial charge in [-0.1, -0.05) is 6.92 Å². The van der Waals surface area contributed by atoms with Crippen LogP contribution < -0.4 is 0 Å². The molecule has 0 radical (unpaired) electrons. The average Bonchev–Trinajstić information content (AvgIpc) is 2.47. The van der Waals surface area contributed by atoms with E-state index < -0.39 is 11.4 Å². The molecule has 5 heteroatoms. The first kappa shape index (κ1) is 14.5. The summed E-state index contributed by atoms with van der Waals surface area (Å²) in [4.78, 5) is 29.7. The Morgan fingerprint density at radius 3 is 2.75 bits per heavy atom. The van der Waals surface area contributed by atoms with Gasteiger partial charge in [0, 0.05) is 25.0 Å². The maximum atomic E-state index is 12.4. The molecule has 0 spiro atoms. The van der Waals surface area contributed by atoms with E-state index in [1.54, 1.807) is 23.2 Å². The second kappa shape index (κ2) is 5.61. The summed E-state index contributed by atoms with van der Waals surface area (Å²) in [5.41, 5.74) is 0.577. The summed E-state index contributed by atoms with van der Waals surface area (Å²) in [6.07, 6.45) is 3.46. The fourth-order valence-corrected chi connectivity index (χ4v) is 2.70. The van der Waals surface area contributed by atoms with Crippen molar-refractivity contribution in [1.82, 2.24) is 9.88 Å². The van der Waals surface area contributed by atoms with Crippen molar-refractivity contribution in [3.05, 3.63) is 29.6 Å². The van der Waals surface area contributed by atoms with Crippen LogP contribution in [0.25, 0.3) is 0 Å². The third kappa shape index (κ3) is 2.66. The second-order valence-corrected chi connectivity index (χ2v) is 5.46. The van der Waals surface area contributed by atoms with E-state index in [1.807, 2.05) is 13.8 Å². The highest BCUT2D eigenvalue weighted by Gasteiger charge is 2.42. The molecule has 1 aromatic heterocycles. The van der Waals surface area contributed by atoms with Gasteiger partial charge in [-0.25, -0.2) is 0 Å². The number of aryl methyl sites for hydroxylation is 1. The molecule has 2 rings (SSSR count). The minimum absolute atomic E-state index is 0.128. The number of aromatic nitrogens is 1. The van der Waals surface area contributed by atoms with Crippen LogP contribution in [0.5, 0.6) is 0 Å². The monoisotopic (exact) mass is 276 g/mol. The van der Waals surface area contributed by atoms with Crippen molar-refractivity contribution >= 4 is 11.9 Å². The molecule has 1 N–H and O–H groups in total. The van der Waals surface area contributed by atoms with Gasteiger partial charge in [0.15, 0.2) is 0 Å². The Morgan fingerprint density at radius 1 is 1.45 bits per heavy atom. The number of carbonyl (C=O) groups excluding carboxylic acids is 1. The topological polar surface area (TPSA) is 70.5 Å². The molecule has 0 aromatic carbocycles. The molecular formula is C15H20N2O3. The Hall–Kier alpha value is -1.91. The van der Waals surface area contributed by atoms with Crippen LogP contribution in [-0.4, -0.2) is 40.0 Å². The number of piperidine rings is 1. The fourth-order valence-electron chi connectivity index (χ4n) is 2.70. The van der Waals surface area contributed by atoms with Gasteiger partial charge in [0.25, 0.3) is 5.91 Å². The summed E-state index contributed by atoms with van der Waals surface area (Å²) >= 11 is 0. The normalized spacial score (nSPS) is 22.6. The van der Waals surface area contributed by atoms with Gasteiger partial charge in [0.2, 0.25) is 0 Å². The summed E-state index contributed by atoms with van der Waals surface area (Å²) in [5.74, 6) is -0.934. The zero-order chi connectivity index (χ0) is 14.8. The maximum Gasteiger partial charge on any atom is 0.311 e. The van der Waals surface area contributed by atoms with Crippen LogP contribution >= 0.6 is 0 Å². The summed E-state index contributed by atoms with van der Waals surface area (Å²) < 4.78 is 0. The maximum absolute atomic E-state index is 12.4. The minimum Gasteiger partial charge on any atom is -0.481 e. The summed E-state index contributed by atoms with van der Waals surface area (Å²) in [7, 11) is 0. The molecule has 1 saturated heterocycles. The van der Waals surface area contributed by atoms with Crippen molar-refractivity contribution in [2.24, 2.45) is 5.41 Å². The number of likely N-dealkylation sites (tertiary alicyclic amines) is 1. The number of hydrogen-bond donors (Lipinski definition) is 1. The third-order valence-corrected chi connectivity index (χ3v) is 4.15. The molecule has 1 aliphatic rings. The highest BCUT2D eigenvalue weighted by molar-refractivity contribution is 5.94.